The molecule has 20 heavy (non-hydrogen) atoms. The molecule has 1 amide bonds. The molecule has 0 aliphatic carbocycles. The predicted molar refractivity (Wildman–Crippen MR) is 80.4 cm³/mol. The number of anilines is 2. The van der Waals surface area contributed by atoms with E-state index in [1.807, 2.05) is 10.8 Å². The van der Waals surface area contributed by atoms with Crippen LogP contribution in [-0.4, -0.2) is 15.5 Å². The minimum Gasteiger partial charge on any atom is -0.399 e. The van der Waals surface area contributed by atoms with Gasteiger partial charge in [-0.1, -0.05) is 13.8 Å². The quantitative estimate of drug-likeness (QED) is 0.822. The molecule has 0 atom stereocenters. The van der Waals surface area contributed by atoms with E-state index in [1.165, 1.54) is 0 Å². The van der Waals surface area contributed by atoms with E-state index >= 15 is 0 Å². The van der Waals surface area contributed by atoms with Crippen LogP contribution in [0.15, 0.2) is 36.7 Å². The van der Waals surface area contributed by atoms with Crippen LogP contribution in [-0.2, 0) is 11.3 Å². The van der Waals surface area contributed by atoms with E-state index in [2.05, 4.69) is 24.1 Å². The SMILES string of the molecule is CC(C)c1nccn1CCC(=O)Nc1ccc(N)cc1. The molecule has 0 unspecified atom stereocenters. The van der Waals surface area contributed by atoms with Gasteiger partial charge in [-0.15, -0.1) is 0 Å². The van der Waals surface area contributed by atoms with Crippen LogP contribution in [0.5, 0.6) is 0 Å². The van der Waals surface area contributed by atoms with Crippen molar-refractivity contribution in [1.82, 2.24) is 9.55 Å². The monoisotopic (exact) mass is 272 g/mol. The topological polar surface area (TPSA) is 72.9 Å². The third-order valence-corrected chi connectivity index (χ3v) is 3.04. The number of nitrogens with one attached hydrogen (secondary N) is 1. The fourth-order valence-electron chi connectivity index (χ4n) is 2.02. The maximum atomic E-state index is 11.9. The number of nitrogens with zero attached hydrogens (tertiary/aromatic N) is 2. The van der Waals surface area contributed by atoms with Crippen LogP contribution >= 0.6 is 0 Å². The molecular weight excluding hydrogens is 252 g/mol. The predicted octanol–water partition coefficient (Wildman–Crippen LogP) is 2.62. The highest BCUT2D eigenvalue weighted by Crippen LogP contribution is 2.13. The number of rotatable bonds is 5. The molecular formula is C15H20N4O. The Balaban J connectivity index is 1.89. The van der Waals surface area contributed by atoms with E-state index in [4.69, 9.17) is 5.73 Å². The van der Waals surface area contributed by atoms with Gasteiger partial charge in [0.1, 0.15) is 5.82 Å². The highest BCUT2D eigenvalue weighted by Gasteiger charge is 2.09. The Kier molecular flexibility index (Phi) is 4.40. The van der Waals surface area contributed by atoms with Crippen LogP contribution in [0.3, 0.4) is 0 Å². The summed E-state index contributed by atoms with van der Waals surface area (Å²) in [5, 5.41) is 2.85. The van der Waals surface area contributed by atoms with Crippen molar-refractivity contribution in [2.24, 2.45) is 0 Å². The van der Waals surface area contributed by atoms with E-state index in [-0.39, 0.29) is 5.91 Å². The van der Waals surface area contributed by atoms with E-state index < -0.39 is 0 Å². The number of carbonyl (C=O) groups is 1. The minimum absolute atomic E-state index is 0.0156. The van der Waals surface area contributed by atoms with Gasteiger partial charge in [0, 0.05) is 42.7 Å². The first kappa shape index (κ1) is 14.1. The second kappa shape index (κ2) is 6.23. The fourth-order valence-corrected chi connectivity index (χ4v) is 2.02. The van der Waals surface area contributed by atoms with Crippen LogP contribution in [0.4, 0.5) is 11.4 Å². The third kappa shape index (κ3) is 3.60. The van der Waals surface area contributed by atoms with Gasteiger partial charge < -0.3 is 15.6 Å². The number of hydrogen-bond donors (Lipinski definition) is 2. The smallest absolute Gasteiger partial charge is 0.226 e. The molecule has 1 aromatic carbocycles. The second-order valence-electron chi connectivity index (χ2n) is 5.05. The highest BCUT2D eigenvalue weighted by atomic mass is 16.1. The van der Waals surface area contributed by atoms with Crippen LogP contribution in [0.25, 0.3) is 0 Å². The van der Waals surface area contributed by atoms with Gasteiger partial charge in [-0.2, -0.15) is 0 Å². The summed E-state index contributed by atoms with van der Waals surface area (Å²) in [6, 6.07) is 7.12. The molecule has 2 aromatic rings. The Hall–Kier alpha value is -2.30. The average molecular weight is 272 g/mol. The summed E-state index contributed by atoms with van der Waals surface area (Å²) in [5.41, 5.74) is 7.05. The number of carbonyl (C=O) groups excluding carboxylic acids is 1. The van der Waals surface area contributed by atoms with Crippen LogP contribution in [0.1, 0.15) is 32.0 Å². The summed E-state index contributed by atoms with van der Waals surface area (Å²) in [5.74, 6) is 1.34. The molecule has 3 N–H and O–H groups in total. The standard InChI is InChI=1S/C15H20N4O/c1-11(2)15-17-8-10-19(15)9-7-14(20)18-13-5-3-12(16)4-6-13/h3-6,8,10-11H,7,9,16H2,1-2H3,(H,18,20). The van der Waals surface area contributed by atoms with E-state index in [0.29, 0.717) is 24.6 Å². The van der Waals surface area contributed by atoms with E-state index in [1.54, 1.807) is 30.5 Å². The van der Waals surface area contributed by atoms with Crippen molar-refractivity contribution in [3.05, 3.63) is 42.5 Å². The fraction of sp³-hybridized carbons (Fsp3) is 0.333. The molecule has 0 saturated carbocycles. The van der Waals surface area contributed by atoms with Crippen molar-refractivity contribution in [2.75, 3.05) is 11.1 Å². The van der Waals surface area contributed by atoms with Gasteiger partial charge in [0.2, 0.25) is 5.91 Å². The molecule has 0 spiro atoms. The first-order valence-corrected chi connectivity index (χ1v) is 6.72. The zero-order valence-corrected chi connectivity index (χ0v) is 11.8. The molecule has 5 nitrogen and oxygen atoms in total. The van der Waals surface area contributed by atoms with Crippen molar-refractivity contribution >= 4 is 17.3 Å². The van der Waals surface area contributed by atoms with Gasteiger partial charge in [-0.25, -0.2) is 4.98 Å². The first-order valence-electron chi connectivity index (χ1n) is 6.72. The lowest BCUT2D eigenvalue weighted by atomic mass is 10.2. The lowest BCUT2D eigenvalue weighted by Gasteiger charge is -2.10. The van der Waals surface area contributed by atoms with Crippen molar-refractivity contribution in [3.63, 3.8) is 0 Å². The number of amides is 1. The summed E-state index contributed by atoms with van der Waals surface area (Å²) in [4.78, 5) is 16.2. The van der Waals surface area contributed by atoms with Gasteiger partial charge in [0.05, 0.1) is 0 Å². The number of benzene rings is 1. The summed E-state index contributed by atoms with van der Waals surface area (Å²) < 4.78 is 2.02. The summed E-state index contributed by atoms with van der Waals surface area (Å²) in [6.07, 6.45) is 4.10. The molecule has 106 valence electrons. The lowest BCUT2D eigenvalue weighted by Crippen LogP contribution is -2.15. The number of aromatic nitrogens is 2. The normalized spacial score (nSPS) is 10.8. The van der Waals surface area contributed by atoms with Crippen molar-refractivity contribution < 1.29 is 4.79 Å². The minimum atomic E-state index is -0.0156. The number of nitrogens with two attached hydrogens (primary N) is 1. The van der Waals surface area contributed by atoms with Crippen molar-refractivity contribution in [3.8, 4) is 0 Å². The Morgan fingerprint density at radius 2 is 2.05 bits per heavy atom. The Morgan fingerprint density at radius 3 is 2.70 bits per heavy atom. The molecule has 0 saturated heterocycles. The van der Waals surface area contributed by atoms with E-state index in [0.717, 1.165) is 11.5 Å². The molecule has 0 fully saturated rings. The Morgan fingerprint density at radius 1 is 1.35 bits per heavy atom. The maximum absolute atomic E-state index is 11.9. The average Bonchev–Trinajstić information content (AvgIpc) is 2.88. The van der Waals surface area contributed by atoms with Crippen LogP contribution in [0, 0.1) is 0 Å². The highest BCUT2D eigenvalue weighted by molar-refractivity contribution is 5.90. The summed E-state index contributed by atoms with van der Waals surface area (Å²) in [6.45, 7) is 4.81. The third-order valence-electron chi connectivity index (χ3n) is 3.04. The maximum Gasteiger partial charge on any atom is 0.226 e. The van der Waals surface area contributed by atoms with Gasteiger partial charge in [0.15, 0.2) is 0 Å². The molecule has 0 radical (unpaired) electrons. The zero-order valence-electron chi connectivity index (χ0n) is 11.8. The lowest BCUT2D eigenvalue weighted by molar-refractivity contribution is -0.116. The molecule has 0 aliphatic heterocycles. The Labute approximate surface area is 118 Å². The molecule has 5 heteroatoms. The van der Waals surface area contributed by atoms with E-state index in [9.17, 15) is 4.79 Å². The molecule has 1 heterocycles. The largest absolute Gasteiger partial charge is 0.399 e. The number of aryl methyl sites for hydroxylation is 1. The summed E-state index contributed by atoms with van der Waals surface area (Å²) >= 11 is 0. The van der Waals surface area contributed by atoms with Gasteiger partial charge in [-0.3, -0.25) is 4.79 Å². The van der Waals surface area contributed by atoms with Gasteiger partial charge >= 0.3 is 0 Å². The number of imidazole rings is 1. The second-order valence-corrected chi connectivity index (χ2v) is 5.05. The van der Waals surface area contributed by atoms with Gasteiger partial charge in [-0.05, 0) is 24.3 Å². The van der Waals surface area contributed by atoms with Gasteiger partial charge in [0.25, 0.3) is 0 Å². The Bertz CT molecular complexity index is 572. The number of nitrogen functional groups attached to an aromatic ring is 1. The first-order chi connectivity index (χ1) is 9.56. The molecule has 2 rings (SSSR count). The molecule has 0 aliphatic rings. The zero-order chi connectivity index (χ0) is 14.5. The molecule has 1 aromatic heterocycles. The van der Waals surface area contributed by atoms with Crippen LogP contribution < -0.4 is 11.1 Å². The van der Waals surface area contributed by atoms with Crippen molar-refractivity contribution in [1.29, 1.82) is 0 Å². The number of hydrogen-bond acceptors (Lipinski definition) is 3. The van der Waals surface area contributed by atoms with Crippen molar-refractivity contribution in [2.45, 2.75) is 32.7 Å². The molecule has 0 bridgehead atoms. The summed E-state index contributed by atoms with van der Waals surface area (Å²) in [7, 11) is 0. The van der Waals surface area contributed by atoms with Crippen LogP contribution in [0.2, 0.25) is 0 Å².